The summed E-state index contributed by atoms with van der Waals surface area (Å²) in [7, 11) is 2.16. The number of hydrogen-bond acceptors (Lipinski definition) is 4. The Hall–Kier alpha value is -0.780. The minimum atomic E-state index is 0.505. The monoisotopic (exact) mass is 295 g/mol. The van der Waals surface area contributed by atoms with Gasteiger partial charge >= 0.3 is 0 Å². The van der Waals surface area contributed by atoms with E-state index in [-0.39, 0.29) is 0 Å². The maximum absolute atomic E-state index is 5.96. The van der Waals surface area contributed by atoms with Crippen LogP contribution in [0.15, 0.2) is 23.1 Å². The summed E-state index contributed by atoms with van der Waals surface area (Å²) in [5.74, 6) is 1.03. The highest BCUT2D eigenvalue weighted by atomic mass is 32.2. The summed E-state index contributed by atoms with van der Waals surface area (Å²) in [6.07, 6.45) is 0. The molecule has 0 unspecified atom stereocenters. The number of thiocarbonyl (C=S) groups is 1. The number of nitrogens with zero attached hydrogens (tertiary/aromatic N) is 2. The van der Waals surface area contributed by atoms with E-state index in [1.165, 1.54) is 10.6 Å². The van der Waals surface area contributed by atoms with Crippen LogP contribution in [0.5, 0.6) is 0 Å². The SMILES string of the molecule is CCSc1cccc(N2CCN(C)CC2)c1C(N)=S. The van der Waals surface area contributed by atoms with E-state index in [0.29, 0.717) is 4.99 Å². The van der Waals surface area contributed by atoms with Crippen molar-refractivity contribution in [3.8, 4) is 0 Å². The molecule has 1 aromatic rings. The van der Waals surface area contributed by atoms with Crippen LogP contribution < -0.4 is 10.6 Å². The molecule has 1 saturated heterocycles. The van der Waals surface area contributed by atoms with Crippen LogP contribution in [0.3, 0.4) is 0 Å². The molecule has 1 fully saturated rings. The molecule has 1 heterocycles. The first-order valence-electron chi connectivity index (χ1n) is 6.62. The van der Waals surface area contributed by atoms with E-state index in [1.807, 2.05) is 0 Å². The smallest absolute Gasteiger partial charge is 0.107 e. The summed E-state index contributed by atoms with van der Waals surface area (Å²) in [5.41, 5.74) is 8.20. The lowest BCUT2D eigenvalue weighted by Gasteiger charge is -2.35. The molecule has 0 aromatic heterocycles. The van der Waals surface area contributed by atoms with Gasteiger partial charge in [0.25, 0.3) is 0 Å². The first kappa shape index (κ1) is 14.6. The molecular formula is C14H21N3S2. The zero-order valence-electron chi connectivity index (χ0n) is 11.6. The predicted octanol–water partition coefficient (Wildman–Crippen LogP) is 2.18. The molecule has 0 aliphatic carbocycles. The zero-order chi connectivity index (χ0) is 13.8. The van der Waals surface area contributed by atoms with Crippen LogP contribution in [0.2, 0.25) is 0 Å². The molecule has 104 valence electrons. The van der Waals surface area contributed by atoms with Crippen molar-refractivity contribution in [2.24, 2.45) is 5.73 Å². The second kappa shape index (κ2) is 6.59. The van der Waals surface area contributed by atoms with Gasteiger partial charge in [-0.15, -0.1) is 11.8 Å². The van der Waals surface area contributed by atoms with Gasteiger partial charge in [0.2, 0.25) is 0 Å². The molecule has 0 atom stereocenters. The van der Waals surface area contributed by atoms with E-state index in [9.17, 15) is 0 Å². The Morgan fingerprint density at radius 2 is 2.00 bits per heavy atom. The van der Waals surface area contributed by atoms with Crippen molar-refractivity contribution < 1.29 is 0 Å². The van der Waals surface area contributed by atoms with E-state index in [4.69, 9.17) is 18.0 Å². The van der Waals surface area contributed by atoms with Crippen LogP contribution in [0.4, 0.5) is 5.69 Å². The summed E-state index contributed by atoms with van der Waals surface area (Å²) in [4.78, 5) is 6.45. The van der Waals surface area contributed by atoms with Crippen molar-refractivity contribution in [1.29, 1.82) is 0 Å². The summed E-state index contributed by atoms with van der Waals surface area (Å²) >= 11 is 7.08. The maximum atomic E-state index is 5.96. The minimum Gasteiger partial charge on any atom is -0.389 e. The van der Waals surface area contributed by atoms with Crippen LogP contribution in [-0.4, -0.2) is 48.9 Å². The fourth-order valence-electron chi connectivity index (χ4n) is 2.35. The van der Waals surface area contributed by atoms with Gasteiger partial charge in [0.15, 0.2) is 0 Å². The molecule has 1 aliphatic rings. The lowest BCUT2D eigenvalue weighted by Crippen LogP contribution is -2.45. The Bertz CT molecular complexity index is 454. The van der Waals surface area contributed by atoms with E-state index in [0.717, 1.165) is 37.5 Å². The summed E-state index contributed by atoms with van der Waals surface area (Å²) in [5, 5.41) is 0. The van der Waals surface area contributed by atoms with Crippen molar-refractivity contribution in [3.63, 3.8) is 0 Å². The molecule has 0 saturated carbocycles. The third-order valence-electron chi connectivity index (χ3n) is 3.39. The molecule has 2 N–H and O–H groups in total. The van der Waals surface area contributed by atoms with Crippen LogP contribution in [-0.2, 0) is 0 Å². The molecule has 0 bridgehead atoms. The first-order chi connectivity index (χ1) is 9.13. The van der Waals surface area contributed by atoms with Crippen molar-refractivity contribution in [2.75, 3.05) is 43.9 Å². The minimum absolute atomic E-state index is 0.505. The van der Waals surface area contributed by atoms with Crippen molar-refractivity contribution in [2.45, 2.75) is 11.8 Å². The summed E-state index contributed by atoms with van der Waals surface area (Å²) < 4.78 is 0. The topological polar surface area (TPSA) is 32.5 Å². The zero-order valence-corrected chi connectivity index (χ0v) is 13.2. The quantitative estimate of drug-likeness (QED) is 0.680. The fraction of sp³-hybridized carbons (Fsp3) is 0.500. The standard InChI is InChI=1S/C14H21N3S2/c1-3-19-12-6-4-5-11(13(12)14(15)18)17-9-7-16(2)8-10-17/h4-6H,3,7-10H2,1-2H3,(H2,15,18). The van der Waals surface area contributed by atoms with Crippen LogP contribution in [0, 0.1) is 0 Å². The first-order valence-corrected chi connectivity index (χ1v) is 8.02. The maximum Gasteiger partial charge on any atom is 0.107 e. The predicted molar refractivity (Wildman–Crippen MR) is 88.4 cm³/mol. The van der Waals surface area contributed by atoms with Gasteiger partial charge in [-0.25, -0.2) is 0 Å². The van der Waals surface area contributed by atoms with E-state index in [2.05, 4.69) is 42.0 Å². The third-order valence-corrected chi connectivity index (χ3v) is 4.54. The molecule has 19 heavy (non-hydrogen) atoms. The van der Waals surface area contributed by atoms with Crippen LogP contribution in [0.25, 0.3) is 0 Å². The normalized spacial score (nSPS) is 16.6. The van der Waals surface area contributed by atoms with Gasteiger partial charge in [0.05, 0.1) is 0 Å². The number of likely N-dealkylation sites (N-methyl/N-ethyl adjacent to an activating group) is 1. The second-order valence-corrected chi connectivity index (χ2v) is 6.48. The largest absolute Gasteiger partial charge is 0.389 e. The third kappa shape index (κ3) is 3.41. The summed E-state index contributed by atoms with van der Waals surface area (Å²) in [6.45, 7) is 6.39. The summed E-state index contributed by atoms with van der Waals surface area (Å²) in [6, 6.07) is 6.36. The number of piperazine rings is 1. The molecule has 1 aromatic carbocycles. The number of rotatable bonds is 4. The number of nitrogens with two attached hydrogens (primary N) is 1. The number of anilines is 1. The van der Waals surface area contributed by atoms with Gasteiger partial charge in [-0.05, 0) is 24.9 Å². The number of benzene rings is 1. The van der Waals surface area contributed by atoms with Gasteiger partial charge in [-0.3, -0.25) is 0 Å². The molecule has 2 rings (SSSR count). The molecule has 0 amide bonds. The molecule has 5 heteroatoms. The molecule has 1 aliphatic heterocycles. The van der Waals surface area contributed by atoms with E-state index < -0.39 is 0 Å². The Morgan fingerprint density at radius 3 is 2.58 bits per heavy atom. The van der Waals surface area contributed by atoms with E-state index in [1.54, 1.807) is 11.8 Å². The van der Waals surface area contributed by atoms with Gasteiger partial charge in [0, 0.05) is 42.3 Å². The fourth-order valence-corrected chi connectivity index (χ4v) is 3.48. The highest BCUT2D eigenvalue weighted by Crippen LogP contribution is 2.31. The van der Waals surface area contributed by atoms with Gasteiger partial charge in [-0.1, -0.05) is 25.2 Å². The second-order valence-electron chi connectivity index (χ2n) is 4.74. The molecular weight excluding hydrogens is 274 g/mol. The lowest BCUT2D eigenvalue weighted by molar-refractivity contribution is 0.313. The van der Waals surface area contributed by atoms with Gasteiger partial charge in [0.1, 0.15) is 4.99 Å². The highest BCUT2D eigenvalue weighted by molar-refractivity contribution is 7.99. The Kier molecular flexibility index (Phi) is 5.07. The van der Waals surface area contributed by atoms with Crippen molar-refractivity contribution in [3.05, 3.63) is 23.8 Å². The van der Waals surface area contributed by atoms with Gasteiger partial charge < -0.3 is 15.5 Å². The average Bonchev–Trinajstić information content (AvgIpc) is 2.39. The Labute approximate surface area is 125 Å². The van der Waals surface area contributed by atoms with Crippen LogP contribution >= 0.6 is 24.0 Å². The van der Waals surface area contributed by atoms with Crippen molar-refractivity contribution >= 4 is 34.7 Å². The Morgan fingerprint density at radius 1 is 1.32 bits per heavy atom. The molecule has 3 nitrogen and oxygen atoms in total. The number of hydrogen-bond donors (Lipinski definition) is 1. The molecule has 0 radical (unpaired) electrons. The average molecular weight is 295 g/mol. The lowest BCUT2D eigenvalue weighted by atomic mass is 10.1. The number of thioether (sulfide) groups is 1. The van der Waals surface area contributed by atoms with E-state index >= 15 is 0 Å². The molecule has 0 spiro atoms. The van der Waals surface area contributed by atoms with Crippen LogP contribution in [0.1, 0.15) is 12.5 Å². The van der Waals surface area contributed by atoms with Gasteiger partial charge in [-0.2, -0.15) is 0 Å². The van der Waals surface area contributed by atoms with Crippen molar-refractivity contribution in [1.82, 2.24) is 4.90 Å². The highest BCUT2D eigenvalue weighted by Gasteiger charge is 2.19. The Balaban J connectivity index is 2.33.